The quantitative estimate of drug-likeness (QED) is 0.0214. The zero-order valence-corrected chi connectivity index (χ0v) is 44.1. The number of amides is 3. The zero-order valence-electron chi connectivity index (χ0n) is 40.3. The number of likely N-dealkylation sites (tertiary alicyclic amines) is 1. The summed E-state index contributed by atoms with van der Waals surface area (Å²) in [5, 5.41) is 74.8. The van der Waals surface area contributed by atoms with E-state index in [2.05, 4.69) is 48.8 Å². The molecule has 75 heavy (non-hydrogen) atoms. The second-order valence-corrected chi connectivity index (χ2v) is 22.5. The van der Waals surface area contributed by atoms with Gasteiger partial charge in [0.25, 0.3) is 0 Å². The monoisotopic (exact) mass is 1200 g/mol. The van der Waals surface area contributed by atoms with Crippen molar-refractivity contribution >= 4 is 82.0 Å². The Bertz CT molecular complexity index is 2710. The molecule has 0 saturated carbocycles. The van der Waals surface area contributed by atoms with E-state index in [4.69, 9.17) is 24.1 Å². The first-order valence-corrected chi connectivity index (χ1v) is 26.1. The van der Waals surface area contributed by atoms with Crippen LogP contribution < -0.4 is 5.32 Å². The number of benzene rings is 2. The molecule has 406 valence electrons. The van der Waals surface area contributed by atoms with Gasteiger partial charge in [-0.2, -0.15) is 0 Å². The van der Waals surface area contributed by atoms with E-state index >= 15 is 0 Å². The van der Waals surface area contributed by atoms with Gasteiger partial charge in [0.1, 0.15) is 95.8 Å². The molecule has 3 saturated heterocycles. The van der Waals surface area contributed by atoms with Crippen molar-refractivity contribution in [1.82, 2.24) is 43.3 Å². The van der Waals surface area contributed by atoms with Crippen molar-refractivity contribution in [3.8, 4) is 22.5 Å². The molecule has 0 aliphatic carbocycles. The first-order valence-electron chi connectivity index (χ1n) is 23.4. The van der Waals surface area contributed by atoms with Crippen molar-refractivity contribution in [1.29, 1.82) is 0 Å². The van der Waals surface area contributed by atoms with Crippen LogP contribution in [-0.4, -0.2) is 190 Å². The van der Waals surface area contributed by atoms with Gasteiger partial charge in [0.2, 0.25) is 17.7 Å². The molecule has 3 fully saturated rings. The van der Waals surface area contributed by atoms with E-state index in [9.17, 15) is 58.0 Å². The number of hydrogen-bond donors (Lipinski definition) is 6. The lowest BCUT2D eigenvalue weighted by atomic mass is 9.97. The number of ether oxygens (including phenoxy) is 4. The molecule has 1 unspecified atom stereocenters. The lowest BCUT2D eigenvalue weighted by Gasteiger charge is -2.46. The van der Waals surface area contributed by atoms with Crippen LogP contribution in [-0.2, 0) is 47.7 Å². The number of carbonyl (C=O) groups is 6. The van der Waals surface area contributed by atoms with Gasteiger partial charge in [-0.15, -0.1) is 22.0 Å². The predicted molar refractivity (Wildman–Crippen MR) is 267 cm³/mol. The van der Waals surface area contributed by atoms with E-state index < -0.39 is 138 Å². The van der Waals surface area contributed by atoms with E-state index in [1.54, 1.807) is 12.1 Å². The topological polar surface area (TPSA) is 320 Å². The number of aliphatic hydroxyl groups excluding tert-OH is 4. The van der Waals surface area contributed by atoms with E-state index in [0.717, 1.165) is 14.3 Å². The van der Waals surface area contributed by atoms with Crippen LogP contribution in [0.25, 0.3) is 22.5 Å². The molecule has 29 heteroatoms. The third-order valence-electron chi connectivity index (χ3n) is 12.4. The summed E-state index contributed by atoms with van der Waals surface area (Å²) in [6, 6.07) is 7.91. The fourth-order valence-corrected chi connectivity index (χ4v) is 11.2. The van der Waals surface area contributed by atoms with Crippen LogP contribution in [0.1, 0.15) is 58.0 Å². The molecule has 3 aliphatic heterocycles. The molecule has 3 amide bonds. The highest BCUT2D eigenvalue weighted by atomic mass is 127. The number of aromatic nitrogens is 6. The molecule has 2 aromatic carbocycles. The van der Waals surface area contributed by atoms with Gasteiger partial charge in [-0.3, -0.25) is 33.7 Å². The summed E-state index contributed by atoms with van der Waals surface area (Å²) in [7, 11) is 1.85. The van der Waals surface area contributed by atoms with Gasteiger partial charge in [0.05, 0.1) is 41.8 Å². The number of hydrogen-bond acceptors (Lipinski definition) is 21. The van der Waals surface area contributed by atoms with Gasteiger partial charge in [-0.1, -0.05) is 46.5 Å². The minimum atomic E-state index is -1.75. The normalized spacial score (nSPS) is 26.1. The number of aliphatic hydroxyl groups is 4. The lowest BCUT2D eigenvalue weighted by molar-refractivity contribution is -0.196. The summed E-state index contributed by atoms with van der Waals surface area (Å²) in [5.74, 6) is -5.57. The maximum Gasteiger partial charge on any atom is 0.306 e. The number of imide groups is 1. The summed E-state index contributed by atoms with van der Waals surface area (Å²) in [6.07, 6.45) is -9.02. The first-order chi connectivity index (χ1) is 35.6. The van der Waals surface area contributed by atoms with Crippen LogP contribution in [0.5, 0.6) is 0 Å². The van der Waals surface area contributed by atoms with Gasteiger partial charge in [0, 0.05) is 59.9 Å². The Morgan fingerprint density at radius 1 is 0.800 bits per heavy atom. The van der Waals surface area contributed by atoms with Gasteiger partial charge in [-0.05, 0) is 45.2 Å². The van der Waals surface area contributed by atoms with Crippen molar-refractivity contribution in [2.75, 3.05) is 33.4 Å². The smallest absolute Gasteiger partial charge is 0.306 e. The van der Waals surface area contributed by atoms with E-state index in [0.29, 0.717) is 22.9 Å². The molecule has 4 aromatic rings. The molecular formula is C46H54F2IN9O15S2. The summed E-state index contributed by atoms with van der Waals surface area (Å²) in [4.78, 5) is 75.9. The summed E-state index contributed by atoms with van der Waals surface area (Å²) in [5.41, 5.74) is -2.12. The zero-order chi connectivity index (χ0) is 54.3. The molecule has 2 aromatic heterocycles. The van der Waals surface area contributed by atoms with E-state index in [1.165, 1.54) is 60.6 Å². The minimum absolute atomic E-state index is 0.0223. The number of halogens is 3. The summed E-state index contributed by atoms with van der Waals surface area (Å²) >= 11 is 4.11. The van der Waals surface area contributed by atoms with E-state index in [1.807, 2.05) is 24.0 Å². The average molecular weight is 1200 g/mol. The highest BCUT2D eigenvalue weighted by Crippen LogP contribution is 2.43. The number of carbonyl (C=O) groups excluding carboxylic acids is 5. The highest BCUT2D eigenvalue weighted by molar-refractivity contribution is 14.1. The molecule has 3 aliphatic rings. The van der Waals surface area contributed by atoms with E-state index in [-0.39, 0.29) is 49.1 Å². The predicted octanol–water partition coefficient (Wildman–Crippen LogP) is 1.62. The average Bonchev–Trinajstić information content (AvgIpc) is 4.11. The molecular weight excluding hydrogens is 1150 g/mol. The Balaban J connectivity index is 1.05. The Hall–Kier alpha value is -5.25. The molecule has 24 nitrogen and oxygen atoms in total. The van der Waals surface area contributed by atoms with Crippen molar-refractivity contribution < 1.29 is 82.0 Å². The van der Waals surface area contributed by atoms with Crippen LogP contribution >= 0.6 is 46.4 Å². The first kappa shape index (κ1) is 57.5. The van der Waals surface area contributed by atoms with Gasteiger partial charge < -0.3 is 49.8 Å². The molecule has 0 bridgehead atoms. The Morgan fingerprint density at radius 3 is 1.76 bits per heavy atom. The molecule has 7 rings (SSSR count). The number of carboxylic acid groups (broad SMARTS) is 1. The van der Waals surface area contributed by atoms with Crippen LogP contribution in [0, 0.1) is 11.6 Å². The van der Waals surface area contributed by atoms with Crippen molar-refractivity contribution in [2.45, 2.75) is 116 Å². The van der Waals surface area contributed by atoms with Gasteiger partial charge in [0.15, 0.2) is 0 Å². The highest BCUT2D eigenvalue weighted by Gasteiger charge is 2.52. The van der Waals surface area contributed by atoms with Crippen LogP contribution in [0.4, 0.5) is 8.78 Å². The number of carboxylic acids is 1. The third-order valence-corrected chi connectivity index (χ3v) is 16.8. The Morgan fingerprint density at radius 2 is 1.29 bits per heavy atom. The fourth-order valence-electron chi connectivity index (χ4n) is 8.21. The SMILES string of the molecule is CN(I)C(C)(C)SC1CC(=O)N(CCNC(=O)CCC(=O)OC[C@H]2O[C@@H](S[C@@H]3O[C@H](COC(=O)CCC(=O)O)[C@H](O)[C@H](n4cc(-c5cccc(F)c5)nn4)[C@H]3O)[C@H](O)[C@@H](n3cc(-c4cccc(F)c4)nn3)[C@H]2O)C1=O. The fraction of sp³-hybridized carbons (Fsp3) is 0.522. The minimum Gasteiger partial charge on any atom is -0.481 e. The standard InChI is InChI=1S/C46H54F2IN9O15S2/c1-46(2,55(3)49)75-31-18-33(60)56(43(31)69)15-14-50-32(59)10-12-35(63)70-21-29-39(65)37(57-19-27(51-53-57)23-6-4-8-25(47)16-23)41(67)44(72-29)74-45-42(68)38(40(66)30(73-45)22-71-36(64)13-11-34(61)62)58-20-28(52-54-58)24-7-5-9-26(48)17-24/h4-9,16-17,19-20,29-31,37-42,44-45,65-68H,10-15,18,21-22H2,1-3H3,(H,50,59)(H,61,62)/t29-,30-,31?,37+,38+,39+,40+,41-,42-,44+,45+/m1/s1. The number of aliphatic carboxylic acids is 1. The maximum atomic E-state index is 14.2. The second kappa shape index (κ2) is 25.3. The Labute approximate surface area is 449 Å². The third kappa shape index (κ3) is 14.4. The van der Waals surface area contributed by atoms with Crippen LogP contribution in [0.15, 0.2) is 60.9 Å². The molecule has 5 heterocycles. The van der Waals surface area contributed by atoms with Crippen LogP contribution in [0.3, 0.4) is 0 Å². The summed E-state index contributed by atoms with van der Waals surface area (Å²) in [6.45, 7) is 2.39. The Kier molecular flexibility index (Phi) is 19.4. The van der Waals surface area contributed by atoms with Crippen molar-refractivity contribution in [3.63, 3.8) is 0 Å². The lowest BCUT2D eigenvalue weighted by Crippen LogP contribution is -2.58. The second-order valence-electron chi connectivity index (χ2n) is 18.1. The number of esters is 2. The van der Waals surface area contributed by atoms with Gasteiger partial charge in [-0.25, -0.2) is 21.3 Å². The molecule has 6 N–H and O–H groups in total. The number of nitrogens with zero attached hydrogens (tertiary/aromatic N) is 8. The largest absolute Gasteiger partial charge is 0.481 e. The number of rotatable bonds is 22. The maximum absolute atomic E-state index is 14.2. The number of thioether (sulfide) groups is 2. The van der Waals surface area contributed by atoms with Gasteiger partial charge >= 0.3 is 17.9 Å². The summed E-state index contributed by atoms with van der Waals surface area (Å²) < 4.78 is 55.5. The van der Waals surface area contributed by atoms with Crippen LogP contribution in [0.2, 0.25) is 0 Å². The molecule has 0 radical (unpaired) electrons. The molecule has 11 atom stereocenters. The van der Waals surface area contributed by atoms with Crippen molar-refractivity contribution in [3.05, 3.63) is 72.6 Å². The van der Waals surface area contributed by atoms with Crippen molar-refractivity contribution in [2.24, 2.45) is 0 Å². The molecule has 0 spiro atoms. The number of nitrogens with one attached hydrogen (secondary N) is 1.